The molecule has 0 fully saturated rings. The van der Waals surface area contributed by atoms with E-state index in [9.17, 15) is 14.9 Å². The summed E-state index contributed by atoms with van der Waals surface area (Å²) in [5, 5.41) is 16.1. The lowest BCUT2D eigenvalue weighted by Gasteiger charge is -2.09. The number of ether oxygens (including phenoxy) is 1. The number of benzene rings is 1. The second kappa shape index (κ2) is 8.21. The maximum atomic E-state index is 11.6. The average Bonchev–Trinajstić information content (AvgIpc) is 2.40. The largest absolute Gasteiger partial charge is 0.379 e. The number of nitrogens with one attached hydrogen (secondary N) is 2. The molecular weight excluding hydrogens is 274 g/mol. The van der Waals surface area contributed by atoms with Crippen molar-refractivity contribution in [3.63, 3.8) is 0 Å². The molecular formula is C14H21N3O4. The molecule has 21 heavy (non-hydrogen) atoms. The van der Waals surface area contributed by atoms with Crippen molar-refractivity contribution in [1.82, 2.24) is 5.32 Å². The molecule has 7 nitrogen and oxygen atoms in total. The lowest BCUT2D eigenvalue weighted by Crippen LogP contribution is -2.30. The summed E-state index contributed by atoms with van der Waals surface area (Å²) in [6.07, 6.45) is 0.881. The van der Waals surface area contributed by atoms with Crippen LogP contribution in [0.25, 0.3) is 0 Å². The number of hydrogen-bond donors (Lipinski definition) is 2. The standard InChI is InChI=1S/C14H21N3O4/c1-10(2)21-8-4-7-15-14(18)16-12-6-5-11(3)13(9-12)17(19)20/h5-6,9-10H,4,7-8H2,1-3H3,(H2,15,16,18). The average molecular weight is 295 g/mol. The maximum absolute atomic E-state index is 11.6. The molecule has 7 heteroatoms. The van der Waals surface area contributed by atoms with E-state index in [4.69, 9.17) is 4.74 Å². The Morgan fingerprint density at radius 3 is 2.76 bits per heavy atom. The van der Waals surface area contributed by atoms with Gasteiger partial charge >= 0.3 is 6.03 Å². The van der Waals surface area contributed by atoms with E-state index in [1.54, 1.807) is 19.1 Å². The fourth-order valence-corrected chi connectivity index (χ4v) is 1.65. The van der Waals surface area contributed by atoms with Crippen LogP contribution in [0, 0.1) is 17.0 Å². The number of rotatable bonds is 7. The summed E-state index contributed by atoms with van der Waals surface area (Å²) in [4.78, 5) is 22.0. The summed E-state index contributed by atoms with van der Waals surface area (Å²) < 4.78 is 5.35. The van der Waals surface area contributed by atoms with Crippen molar-refractivity contribution in [3.8, 4) is 0 Å². The number of hydrogen-bond acceptors (Lipinski definition) is 4. The molecule has 116 valence electrons. The lowest BCUT2D eigenvalue weighted by atomic mass is 10.2. The number of carbonyl (C=O) groups excluding carboxylic acids is 1. The van der Waals surface area contributed by atoms with Gasteiger partial charge in [0.25, 0.3) is 5.69 Å². The maximum Gasteiger partial charge on any atom is 0.319 e. The molecule has 0 unspecified atom stereocenters. The molecule has 1 aromatic rings. The Hall–Kier alpha value is -2.15. The van der Waals surface area contributed by atoms with E-state index in [0.29, 0.717) is 30.8 Å². The van der Waals surface area contributed by atoms with Crippen molar-refractivity contribution in [1.29, 1.82) is 0 Å². The van der Waals surface area contributed by atoms with Crippen LogP contribution < -0.4 is 10.6 Å². The normalized spacial score (nSPS) is 10.5. The second-order valence-electron chi connectivity index (χ2n) is 4.91. The summed E-state index contributed by atoms with van der Waals surface area (Å²) in [6, 6.07) is 4.18. The van der Waals surface area contributed by atoms with E-state index >= 15 is 0 Å². The van der Waals surface area contributed by atoms with Crippen LogP contribution in [0.15, 0.2) is 18.2 Å². The summed E-state index contributed by atoms with van der Waals surface area (Å²) >= 11 is 0. The third-order valence-corrected chi connectivity index (χ3v) is 2.72. The fourth-order valence-electron chi connectivity index (χ4n) is 1.65. The Bertz CT molecular complexity index is 503. The molecule has 0 saturated heterocycles. The van der Waals surface area contributed by atoms with Gasteiger partial charge in [-0.05, 0) is 33.3 Å². The molecule has 0 atom stereocenters. The van der Waals surface area contributed by atoms with Crippen molar-refractivity contribution >= 4 is 17.4 Å². The number of anilines is 1. The van der Waals surface area contributed by atoms with Gasteiger partial charge < -0.3 is 15.4 Å². The number of nitrogens with zero attached hydrogens (tertiary/aromatic N) is 1. The first kappa shape index (κ1) is 16.9. The predicted molar refractivity (Wildman–Crippen MR) is 80.6 cm³/mol. The number of aryl methyl sites for hydroxylation is 1. The molecule has 2 N–H and O–H groups in total. The molecule has 0 saturated carbocycles. The van der Waals surface area contributed by atoms with Crippen LogP contribution in [0.3, 0.4) is 0 Å². The molecule has 2 amide bonds. The topological polar surface area (TPSA) is 93.5 Å². The van der Waals surface area contributed by atoms with Crippen molar-refractivity contribution in [3.05, 3.63) is 33.9 Å². The van der Waals surface area contributed by atoms with E-state index in [1.165, 1.54) is 6.07 Å². The lowest BCUT2D eigenvalue weighted by molar-refractivity contribution is -0.385. The van der Waals surface area contributed by atoms with E-state index in [-0.39, 0.29) is 11.8 Å². The van der Waals surface area contributed by atoms with Gasteiger partial charge in [-0.25, -0.2) is 4.79 Å². The minimum atomic E-state index is -0.471. The Morgan fingerprint density at radius 1 is 1.43 bits per heavy atom. The van der Waals surface area contributed by atoms with E-state index < -0.39 is 11.0 Å². The van der Waals surface area contributed by atoms with Gasteiger partial charge in [0.15, 0.2) is 0 Å². The first-order valence-corrected chi connectivity index (χ1v) is 6.81. The highest BCUT2D eigenvalue weighted by molar-refractivity contribution is 5.89. The van der Waals surface area contributed by atoms with Gasteiger partial charge in [-0.15, -0.1) is 0 Å². The van der Waals surface area contributed by atoms with E-state index in [2.05, 4.69) is 10.6 Å². The quantitative estimate of drug-likeness (QED) is 0.459. The van der Waals surface area contributed by atoms with Gasteiger partial charge in [0.2, 0.25) is 0 Å². The van der Waals surface area contributed by atoms with Crippen LogP contribution in [0.5, 0.6) is 0 Å². The highest BCUT2D eigenvalue weighted by Gasteiger charge is 2.12. The van der Waals surface area contributed by atoms with Gasteiger partial charge in [0.1, 0.15) is 0 Å². The highest BCUT2D eigenvalue weighted by Crippen LogP contribution is 2.22. The summed E-state index contributed by atoms with van der Waals surface area (Å²) in [5.74, 6) is 0. The van der Waals surface area contributed by atoms with Gasteiger partial charge in [0.05, 0.1) is 11.0 Å². The molecule has 0 aliphatic carbocycles. The zero-order valence-electron chi connectivity index (χ0n) is 12.5. The van der Waals surface area contributed by atoms with E-state index in [1.807, 2.05) is 13.8 Å². The van der Waals surface area contributed by atoms with Gasteiger partial charge in [-0.2, -0.15) is 0 Å². The van der Waals surface area contributed by atoms with Crippen LogP contribution in [0.1, 0.15) is 25.8 Å². The summed E-state index contributed by atoms with van der Waals surface area (Å²) in [5.41, 5.74) is 0.929. The summed E-state index contributed by atoms with van der Waals surface area (Å²) in [7, 11) is 0. The molecule has 1 rings (SSSR count). The number of urea groups is 1. The van der Waals surface area contributed by atoms with Crippen LogP contribution in [-0.2, 0) is 4.74 Å². The molecule has 0 aliphatic heterocycles. The third-order valence-electron chi connectivity index (χ3n) is 2.72. The van der Waals surface area contributed by atoms with Crippen molar-refractivity contribution in [2.24, 2.45) is 0 Å². The van der Waals surface area contributed by atoms with Crippen LogP contribution in [0.4, 0.5) is 16.2 Å². The van der Waals surface area contributed by atoms with E-state index in [0.717, 1.165) is 0 Å². The van der Waals surface area contributed by atoms with Crippen LogP contribution in [-0.4, -0.2) is 30.2 Å². The Balaban J connectivity index is 2.41. The minimum absolute atomic E-state index is 0.0156. The molecule has 0 bridgehead atoms. The molecule has 0 spiro atoms. The Kier molecular flexibility index (Phi) is 6.61. The SMILES string of the molecule is Cc1ccc(NC(=O)NCCCOC(C)C)cc1[N+](=O)[O-]. The molecule has 0 radical (unpaired) electrons. The zero-order chi connectivity index (χ0) is 15.8. The Labute approximate surface area is 123 Å². The third kappa shape index (κ3) is 6.22. The number of nitro benzene ring substituents is 1. The highest BCUT2D eigenvalue weighted by atomic mass is 16.6. The summed E-state index contributed by atoms with van der Waals surface area (Å²) in [6.45, 7) is 6.60. The molecule has 0 aromatic heterocycles. The van der Waals surface area contributed by atoms with Crippen LogP contribution >= 0.6 is 0 Å². The minimum Gasteiger partial charge on any atom is -0.379 e. The fraction of sp³-hybridized carbons (Fsp3) is 0.500. The smallest absolute Gasteiger partial charge is 0.319 e. The number of carbonyl (C=O) groups is 1. The van der Waals surface area contributed by atoms with Gasteiger partial charge in [-0.1, -0.05) is 6.07 Å². The van der Waals surface area contributed by atoms with Crippen molar-refractivity contribution in [2.45, 2.75) is 33.3 Å². The molecule has 0 aliphatic rings. The first-order chi connectivity index (χ1) is 9.90. The Morgan fingerprint density at radius 2 is 2.14 bits per heavy atom. The van der Waals surface area contributed by atoms with Crippen molar-refractivity contribution in [2.75, 3.05) is 18.5 Å². The van der Waals surface area contributed by atoms with Crippen LogP contribution in [0.2, 0.25) is 0 Å². The number of nitro groups is 1. The van der Waals surface area contributed by atoms with Crippen molar-refractivity contribution < 1.29 is 14.5 Å². The zero-order valence-corrected chi connectivity index (χ0v) is 12.5. The molecule has 0 heterocycles. The van der Waals surface area contributed by atoms with Gasteiger partial charge in [0, 0.05) is 30.5 Å². The molecule has 1 aromatic carbocycles. The monoisotopic (exact) mass is 295 g/mol. The number of amides is 2. The second-order valence-corrected chi connectivity index (χ2v) is 4.91. The predicted octanol–water partition coefficient (Wildman–Crippen LogP) is 2.84. The first-order valence-electron chi connectivity index (χ1n) is 6.81. The van der Waals surface area contributed by atoms with Gasteiger partial charge in [-0.3, -0.25) is 10.1 Å².